The van der Waals surface area contributed by atoms with E-state index in [0.29, 0.717) is 12.5 Å². The average molecular weight is 396 g/mol. The zero-order valence-corrected chi connectivity index (χ0v) is 15.3. The first-order valence-electron chi connectivity index (χ1n) is 7.61. The van der Waals surface area contributed by atoms with Gasteiger partial charge in [0.2, 0.25) is 0 Å². The number of rotatable bonds is 3. The lowest BCUT2D eigenvalue weighted by Crippen LogP contribution is -2.40. The van der Waals surface area contributed by atoms with Crippen molar-refractivity contribution in [3.8, 4) is 0 Å². The lowest BCUT2D eigenvalue weighted by molar-refractivity contribution is 0.0685. The molecule has 7 heteroatoms. The second-order valence-corrected chi connectivity index (χ2v) is 7.69. The SMILES string of the molecule is Cc1ccc(=O)n(CC2CCN(C(=O)c3cc(Br)cs3)CC2)n1. The Balaban J connectivity index is 1.59. The molecule has 0 aliphatic carbocycles. The number of carbonyl (C=O) groups is 1. The van der Waals surface area contributed by atoms with Gasteiger partial charge in [-0.2, -0.15) is 5.10 Å². The number of nitrogens with zero attached hydrogens (tertiary/aromatic N) is 3. The first-order chi connectivity index (χ1) is 11.0. The Labute approximate surface area is 147 Å². The molecule has 0 saturated carbocycles. The van der Waals surface area contributed by atoms with Crippen LogP contribution in [0, 0.1) is 12.8 Å². The van der Waals surface area contributed by atoms with Gasteiger partial charge in [0.25, 0.3) is 11.5 Å². The molecule has 0 spiro atoms. The highest BCUT2D eigenvalue weighted by molar-refractivity contribution is 9.10. The number of amides is 1. The van der Waals surface area contributed by atoms with Gasteiger partial charge in [0, 0.05) is 35.6 Å². The van der Waals surface area contributed by atoms with Crippen LogP contribution in [0.2, 0.25) is 0 Å². The molecule has 0 atom stereocenters. The molecule has 1 fully saturated rings. The van der Waals surface area contributed by atoms with Crippen molar-refractivity contribution in [2.24, 2.45) is 5.92 Å². The molecule has 1 amide bonds. The Hall–Kier alpha value is -1.47. The van der Waals surface area contributed by atoms with E-state index >= 15 is 0 Å². The molecule has 23 heavy (non-hydrogen) atoms. The minimum atomic E-state index is -0.0578. The minimum absolute atomic E-state index is 0.0578. The van der Waals surface area contributed by atoms with Crippen molar-refractivity contribution in [1.29, 1.82) is 0 Å². The zero-order valence-electron chi connectivity index (χ0n) is 12.9. The van der Waals surface area contributed by atoms with Crippen LogP contribution >= 0.6 is 27.3 Å². The smallest absolute Gasteiger partial charge is 0.266 e. The van der Waals surface area contributed by atoms with Crippen LogP contribution in [0.1, 0.15) is 28.2 Å². The number of thiophene rings is 1. The average Bonchev–Trinajstić information content (AvgIpc) is 2.97. The van der Waals surface area contributed by atoms with Gasteiger partial charge in [0.05, 0.1) is 10.6 Å². The summed E-state index contributed by atoms with van der Waals surface area (Å²) in [5, 5.41) is 6.22. The van der Waals surface area contributed by atoms with Gasteiger partial charge in [0.15, 0.2) is 0 Å². The van der Waals surface area contributed by atoms with Gasteiger partial charge in [-0.05, 0) is 53.7 Å². The van der Waals surface area contributed by atoms with Crippen LogP contribution in [0.3, 0.4) is 0 Å². The van der Waals surface area contributed by atoms with E-state index in [1.165, 1.54) is 11.3 Å². The Morgan fingerprint density at radius 1 is 1.39 bits per heavy atom. The summed E-state index contributed by atoms with van der Waals surface area (Å²) in [4.78, 5) is 26.9. The van der Waals surface area contributed by atoms with E-state index in [0.717, 1.165) is 41.0 Å². The summed E-state index contributed by atoms with van der Waals surface area (Å²) in [5.41, 5.74) is 0.790. The normalized spacial score (nSPS) is 15.8. The van der Waals surface area contributed by atoms with Crippen LogP contribution in [-0.4, -0.2) is 33.7 Å². The van der Waals surface area contributed by atoms with E-state index in [2.05, 4.69) is 21.0 Å². The molecule has 3 rings (SSSR count). The molecule has 0 unspecified atom stereocenters. The van der Waals surface area contributed by atoms with Gasteiger partial charge in [-0.15, -0.1) is 11.3 Å². The van der Waals surface area contributed by atoms with E-state index in [1.807, 2.05) is 23.3 Å². The number of likely N-dealkylation sites (tertiary alicyclic amines) is 1. The molecule has 0 bridgehead atoms. The van der Waals surface area contributed by atoms with Gasteiger partial charge >= 0.3 is 0 Å². The summed E-state index contributed by atoms with van der Waals surface area (Å²) >= 11 is 4.85. The monoisotopic (exact) mass is 395 g/mol. The van der Waals surface area contributed by atoms with Gasteiger partial charge in [-0.25, -0.2) is 4.68 Å². The third-order valence-electron chi connectivity index (χ3n) is 4.11. The number of halogens is 1. The molecular formula is C16H18BrN3O2S. The van der Waals surface area contributed by atoms with Crippen molar-refractivity contribution in [2.45, 2.75) is 26.3 Å². The topological polar surface area (TPSA) is 55.2 Å². The molecule has 0 N–H and O–H groups in total. The summed E-state index contributed by atoms with van der Waals surface area (Å²) in [5.74, 6) is 0.492. The molecule has 122 valence electrons. The number of carbonyl (C=O) groups excluding carboxylic acids is 1. The van der Waals surface area contributed by atoms with Crippen molar-refractivity contribution >= 4 is 33.2 Å². The summed E-state index contributed by atoms with van der Waals surface area (Å²) in [7, 11) is 0. The number of aromatic nitrogens is 2. The van der Waals surface area contributed by atoms with E-state index in [1.54, 1.807) is 16.8 Å². The molecule has 0 aromatic carbocycles. The summed E-state index contributed by atoms with van der Waals surface area (Å²) in [6.45, 7) is 3.99. The molecule has 1 saturated heterocycles. The van der Waals surface area contributed by atoms with Crippen molar-refractivity contribution in [1.82, 2.24) is 14.7 Å². The zero-order chi connectivity index (χ0) is 16.4. The Morgan fingerprint density at radius 3 is 2.78 bits per heavy atom. The molecular weight excluding hydrogens is 378 g/mol. The second-order valence-electron chi connectivity index (χ2n) is 5.86. The van der Waals surface area contributed by atoms with Gasteiger partial charge in [-0.1, -0.05) is 0 Å². The van der Waals surface area contributed by atoms with Gasteiger partial charge in [0.1, 0.15) is 0 Å². The first-order valence-corrected chi connectivity index (χ1v) is 9.28. The summed E-state index contributed by atoms with van der Waals surface area (Å²) in [6.07, 6.45) is 1.81. The fourth-order valence-corrected chi connectivity index (χ4v) is 4.22. The Morgan fingerprint density at radius 2 is 2.13 bits per heavy atom. The molecule has 2 aromatic rings. The van der Waals surface area contributed by atoms with Gasteiger partial charge < -0.3 is 4.90 Å². The van der Waals surface area contributed by atoms with Crippen LogP contribution in [0.5, 0.6) is 0 Å². The maximum atomic E-state index is 12.4. The lowest BCUT2D eigenvalue weighted by Gasteiger charge is -2.31. The largest absolute Gasteiger partial charge is 0.338 e. The molecule has 2 aromatic heterocycles. The second kappa shape index (κ2) is 6.97. The van der Waals surface area contributed by atoms with E-state index in [9.17, 15) is 9.59 Å². The lowest BCUT2D eigenvalue weighted by atomic mass is 9.96. The Bertz CT molecular complexity index is 763. The van der Waals surface area contributed by atoms with Crippen molar-refractivity contribution < 1.29 is 4.79 Å². The predicted octanol–water partition coefficient (Wildman–Crippen LogP) is 2.93. The molecule has 1 aliphatic heterocycles. The van der Waals surface area contributed by atoms with E-state index in [4.69, 9.17) is 0 Å². The van der Waals surface area contributed by atoms with Crippen molar-refractivity contribution in [3.05, 3.63) is 49.0 Å². The van der Waals surface area contributed by atoms with Gasteiger partial charge in [-0.3, -0.25) is 9.59 Å². The highest BCUT2D eigenvalue weighted by Crippen LogP contribution is 2.24. The molecule has 3 heterocycles. The fraction of sp³-hybridized carbons (Fsp3) is 0.438. The van der Waals surface area contributed by atoms with Crippen molar-refractivity contribution in [2.75, 3.05) is 13.1 Å². The molecule has 0 radical (unpaired) electrons. The number of hydrogen-bond acceptors (Lipinski definition) is 4. The third-order valence-corrected chi connectivity index (χ3v) is 5.79. The predicted molar refractivity (Wildman–Crippen MR) is 93.9 cm³/mol. The summed E-state index contributed by atoms with van der Waals surface area (Å²) in [6, 6.07) is 5.17. The fourth-order valence-electron chi connectivity index (χ4n) is 2.83. The maximum absolute atomic E-state index is 12.4. The number of aryl methyl sites for hydroxylation is 1. The molecule has 1 aliphatic rings. The minimum Gasteiger partial charge on any atom is -0.338 e. The quantitative estimate of drug-likeness (QED) is 0.802. The highest BCUT2D eigenvalue weighted by Gasteiger charge is 2.25. The van der Waals surface area contributed by atoms with Crippen LogP contribution in [0.25, 0.3) is 0 Å². The van der Waals surface area contributed by atoms with Crippen molar-refractivity contribution in [3.63, 3.8) is 0 Å². The van der Waals surface area contributed by atoms with Crippen LogP contribution < -0.4 is 5.56 Å². The summed E-state index contributed by atoms with van der Waals surface area (Å²) < 4.78 is 2.50. The van der Waals surface area contributed by atoms with Crippen LogP contribution in [0.15, 0.2) is 32.8 Å². The first kappa shape index (κ1) is 16.4. The number of hydrogen-bond donors (Lipinski definition) is 0. The van der Waals surface area contributed by atoms with Crippen LogP contribution in [-0.2, 0) is 6.54 Å². The third kappa shape index (κ3) is 3.90. The maximum Gasteiger partial charge on any atom is 0.266 e. The molecule has 5 nitrogen and oxygen atoms in total. The number of piperidine rings is 1. The van der Waals surface area contributed by atoms with Crippen LogP contribution in [0.4, 0.5) is 0 Å². The highest BCUT2D eigenvalue weighted by atomic mass is 79.9. The standard InChI is InChI=1S/C16H18BrN3O2S/c1-11-2-3-15(21)20(18-11)9-12-4-6-19(7-5-12)16(22)14-8-13(17)10-23-14/h2-3,8,10,12H,4-7,9H2,1H3. The van der Waals surface area contributed by atoms with E-state index in [-0.39, 0.29) is 11.5 Å². The van der Waals surface area contributed by atoms with E-state index < -0.39 is 0 Å². The Kier molecular flexibility index (Phi) is 4.96.